The molecule has 1 saturated heterocycles. The molecule has 1 fully saturated rings. The standard InChI is InChI=1S/C15H24N2O/c1-18-12-14-7-9-17(11-14)8-3-5-13-4-2-6-15(16)10-13/h2,4,6,10,14H,3,5,7-9,11-12,16H2,1H3. The maximum Gasteiger partial charge on any atom is 0.0503 e. The number of hydrogen-bond donors (Lipinski definition) is 1. The van der Waals surface area contributed by atoms with Crippen molar-refractivity contribution < 1.29 is 4.74 Å². The predicted molar refractivity (Wildman–Crippen MR) is 75.6 cm³/mol. The number of ether oxygens (including phenoxy) is 1. The molecule has 2 N–H and O–H groups in total. The zero-order valence-corrected chi connectivity index (χ0v) is 11.3. The first kappa shape index (κ1) is 13.4. The molecular weight excluding hydrogens is 224 g/mol. The minimum absolute atomic E-state index is 0.738. The number of aryl methyl sites for hydroxylation is 1. The van der Waals surface area contributed by atoms with Gasteiger partial charge in [-0.2, -0.15) is 0 Å². The van der Waals surface area contributed by atoms with Crippen molar-refractivity contribution in [2.75, 3.05) is 39.1 Å². The Kier molecular flexibility index (Phi) is 5.02. The first-order valence-corrected chi connectivity index (χ1v) is 6.83. The van der Waals surface area contributed by atoms with E-state index in [0.717, 1.165) is 24.6 Å². The van der Waals surface area contributed by atoms with Gasteiger partial charge in [0.25, 0.3) is 0 Å². The van der Waals surface area contributed by atoms with Crippen LogP contribution in [0.4, 0.5) is 5.69 Å². The van der Waals surface area contributed by atoms with Gasteiger partial charge in [-0.1, -0.05) is 12.1 Å². The summed E-state index contributed by atoms with van der Waals surface area (Å²) in [5.74, 6) is 0.738. The van der Waals surface area contributed by atoms with E-state index in [9.17, 15) is 0 Å². The fraction of sp³-hybridized carbons (Fsp3) is 0.600. The normalized spacial score (nSPS) is 20.4. The lowest BCUT2D eigenvalue weighted by Crippen LogP contribution is -2.23. The quantitative estimate of drug-likeness (QED) is 0.784. The molecule has 3 nitrogen and oxygen atoms in total. The topological polar surface area (TPSA) is 38.5 Å². The summed E-state index contributed by atoms with van der Waals surface area (Å²) >= 11 is 0. The second-order valence-corrected chi connectivity index (χ2v) is 5.26. The van der Waals surface area contributed by atoms with Crippen LogP contribution in [0.25, 0.3) is 0 Å². The van der Waals surface area contributed by atoms with E-state index in [0.29, 0.717) is 0 Å². The highest BCUT2D eigenvalue weighted by atomic mass is 16.5. The maximum absolute atomic E-state index is 5.78. The molecule has 0 amide bonds. The third-order valence-electron chi connectivity index (χ3n) is 3.66. The lowest BCUT2D eigenvalue weighted by atomic mass is 10.1. The van der Waals surface area contributed by atoms with Gasteiger partial charge in [0.05, 0.1) is 6.61 Å². The number of anilines is 1. The van der Waals surface area contributed by atoms with Crippen molar-refractivity contribution in [3.8, 4) is 0 Å². The number of nitrogen functional groups attached to an aromatic ring is 1. The Morgan fingerprint density at radius 3 is 3.11 bits per heavy atom. The highest BCUT2D eigenvalue weighted by Crippen LogP contribution is 2.17. The predicted octanol–water partition coefficient (Wildman–Crippen LogP) is 2.17. The molecule has 0 spiro atoms. The summed E-state index contributed by atoms with van der Waals surface area (Å²) in [5, 5.41) is 0. The Morgan fingerprint density at radius 1 is 1.44 bits per heavy atom. The van der Waals surface area contributed by atoms with Crippen LogP contribution in [-0.4, -0.2) is 38.3 Å². The molecule has 1 aliphatic rings. The van der Waals surface area contributed by atoms with Crippen LogP contribution in [0.2, 0.25) is 0 Å². The molecule has 100 valence electrons. The van der Waals surface area contributed by atoms with Gasteiger partial charge in [-0.25, -0.2) is 0 Å². The van der Waals surface area contributed by atoms with E-state index >= 15 is 0 Å². The minimum atomic E-state index is 0.738. The Labute approximate surface area is 110 Å². The Balaban J connectivity index is 1.67. The van der Waals surface area contributed by atoms with Crippen molar-refractivity contribution >= 4 is 5.69 Å². The Bertz CT molecular complexity index is 367. The van der Waals surface area contributed by atoms with Crippen LogP contribution in [-0.2, 0) is 11.2 Å². The molecule has 0 bridgehead atoms. The molecule has 18 heavy (non-hydrogen) atoms. The molecule has 1 aromatic rings. The molecule has 0 saturated carbocycles. The summed E-state index contributed by atoms with van der Waals surface area (Å²) in [6.45, 7) is 4.52. The fourth-order valence-corrected chi connectivity index (χ4v) is 2.74. The van der Waals surface area contributed by atoms with Crippen molar-refractivity contribution in [1.29, 1.82) is 0 Å². The molecule has 2 rings (SSSR count). The van der Waals surface area contributed by atoms with Gasteiger partial charge < -0.3 is 15.4 Å². The average Bonchev–Trinajstić information content (AvgIpc) is 2.78. The third kappa shape index (κ3) is 4.00. The second kappa shape index (κ2) is 6.76. The lowest BCUT2D eigenvalue weighted by molar-refractivity contribution is 0.153. The van der Waals surface area contributed by atoms with Crippen LogP contribution in [0.5, 0.6) is 0 Å². The summed E-state index contributed by atoms with van der Waals surface area (Å²) in [6.07, 6.45) is 3.62. The molecule has 0 aromatic heterocycles. The monoisotopic (exact) mass is 248 g/mol. The highest BCUT2D eigenvalue weighted by molar-refractivity contribution is 5.40. The van der Waals surface area contributed by atoms with Crippen molar-refractivity contribution in [2.24, 2.45) is 5.92 Å². The first-order valence-electron chi connectivity index (χ1n) is 6.83. The SMILES string of the molecule is COCC1CCN(CCCc2cccc(N)c2)C1. The number of hydrogen-bond acceptors (Lipinski definition) is 3. The summed E-state index contributed by atoms with van der Waals surface area (Å²) in [5.41, 5.74) is 8.00. The molecule has 1 heterocycles. The minimum Gasteiger partial charge on any atom is -0.399 e. The molecule has 1 unspecified atom stereocenters. The maximum atomic E-state index is 5.78. The van der Waals surface area contributed by atoms with E-state index in [1.54, 1.807) is 7.11 Å². The fourth-order valence-electron chi connectivity index (χ4n) is 2.74. The van der Waals surface area contributed by atoms with Gasteiger partial charge >= 0.3 is 0 Å². The molecule has 3 heteroatoms. The smallest absolute Gasteiger partial charge is 0.0503 e. The third-order valence-corrected chi connectivity index (χ3v) is 3.66. The summed E-state index contributed by atoms with van der Waals surface area (Å²) in [7, 11) is 1.79. The van der Waals surface area contributed by atoms with Crippen LogP contribution in [0.15, 0.2) is 24.3 Å². The van der Waals surface area contributed by atoms with E-state index in [1.807, 2.05) is 12.1 Å². The Morgan fingerprint density at radius 2 is 2.33 bits per heavy atom. The van der Waals surface area contributed by atoms with E-state index < -0.39 is 0 Å². The lowest BCUT2D eigenvalue weighted by Gasteiger charge is -2.15. The van der Waals surface area contributed by atoms with Gasteiger partial charge in [-0.05, 0) is 56.0 Å². The van der Waals surface area contributed by atoms with Crippen LogP contribution >= 0.6 is 0 Å². The Hall–Kier alpha value is -1.06. The number of likely N-dealkylation sites (tertiary alicyclic amines) is 1. The molecule has 1 aromatic carbocycles. The van der Waals surface area contributed by atoms with Crippen molar-refractivity contribution in [3.05, 3.63) is 29.8 Å². The van der Waals surface area contributed by atoms with Crippen LogP contribution < -0.4 is 5.73 Å². The molecule has 1 aliphatic heterocycles. The first-order chi connectivity index (χ1) is 8.78. The highest BCUT2D eigenvalue weighted by Gasteiger charge is 2.21. The van der Waals surface area contributed by atoms with Gasteiger partial charge in [0.15, 0.2) is 0 Å². The number of methoxy groups -OCH3 is 1. The average molecular weight is 248 g/mol. The van der Waals surface area contributed by atoms with Crippen LogP contribution in [0, 0.1) is 5.92 Å². The van der Waals surface area contributed by atoms with E-state index in [2.05, 4.69) is 17.0 Å². The van der Waals surface area contributed by atoms with Gasteiger partial charge in [0.1, 0.15) is 0 Å². The zero-order chi connectivity index (χ0) is 12.8. The van der Waals surface area contributed by atoms with Gasteiger partial charge in [-0.15, -0.1) is 0 Å². The number of nitrogens with two attached hydrogens (primary N) is 1. The van der Waals surface area contributed by atoms with Crippen molar-refractivity contribution in [1.82, 2.24) is 4.90 Å². The number of benzene rings is 1. The molecule has 0 radical (unpaired) electrons. The summed E-state index contributed by atoms with van der Waals surface area (Å²) in [6, 6.07) is 8.22. The van der Waals surface area contributed by atoms with E-state index in [1.165, 1.54) is 38.0 Å². The largest absolute Gasteiger partial charge is 0.399 e. The summed E-state index contributed by atoms with van der Waals surface area (Å²) < 4.78 is 5.22. The van der Waals surface area contributed by atoms with Crippen molar-refractivity contribution in [2.45, 2.75) is 19.3 Å². The van der Waals surface area contributed by atoms with Gasteiger partial charge in [0.2, 0.25) is 0 Å². The second-order valence-electron chi connectivity index (χ2n) is 5.26. The van der Waals surface area contributed by atoms with Crippen molar-refractivity contribution in [3.63, 3.8) is 0 Å². The number of rotatable bonds is 6. The van der Waals surface area contributed by atoms with E-state index in [4.69, 9.17) is 10.5 Å². The summed E-state index contributed by atoms with van der Waals surface area (Å²) in [4.78, 5) is 2.55. The van der Waals surface area contributed by atoms with Crippen LogP contribution in [0.3, 0.4) is 0 Å². The van der Waals surface area contributed by atoms with Crippen LogP contribution in [0.1, 0.15) is 18.4 Å². The molecular formula is C15H24N2O. The van der Waals surface area contributed by atoms with Gasteiger partial charge in [0, 0.05) is 19.3 Å². The molecule has 0 aliphatic carbocycles. The van der Waals surface area contributed by atoms with E-state index in [-0.39, 0.29) is 0 Å². The van der Waals surface area contributed by atoms with Gasteiger partial charge in [-0.3, -0.25) is 0 Å². The molecule has 1 atom stereocenters. The zero-order valence-electron chi connectivity index (χ0n) is 11.3. The number of nitrogens with zero attached hydrogens (tertiary/aromatic N) is 1.